The molecule has 6 heteroatoms. The van der Waals surface area contributed by atoms with Crippen molar-refractivity contribution in [3.63, 3.8) is 0 Å². The third-order valence-electron chi connectivity index (χ3n) is 2.02. The van der Waals surface area contributed by atoms with Crippen molar-refractivity contribution in [2.75, 3.05) is 18.5 Å². The van der Waals surface area contributed by atoms with E-state index in [1.165, 1.54) is 0 Å². The van der Waals surface area contributed by atoms with Crippen LogP contribution < -0.4 is 4.90 Å². The largest absolute Gasteiger partial charge is 0.481 e. The number of rotatable bonds is 4. The van der Waals surface area contributed by atoms with Crippen molar-refractivity contribution in [1.82, 2.24) is 0 Å². The summed E-state index contributed by atoms with van der Waals surface area (Å²) in [6.45, 7) is 0.330. The molecule has 0 bridgehead atoms. The summed E-state index contributed by atoms with van der Waals surface area (Å²) in [5.74, 6) is -0.868. The quantitative estimate of drug-likeness (QED) is 0.918. The van der Waals surface area contributed by atoms with E-state index in [4.69, 9.17) is 39.9 Å². The maximum Gasteiger partial charge on any atom is 0.305 e. The molecule has 0 aliphatic carbocycles. The van der Waals surface area contributed by atoms with Crippen LogP contribution in [0.5, 0.6) is 0 Å². The van der Waals surface area contributed by atoms with Crippen LogP contribution in [-0.4, -0.2) is 24.7 Å². The molecule has 0 unspecified atom stereocenters. The predicted molar refractivity (Wildman–Crippen MR) is 67.0 cm³/mol. The lowest BCUT2D eigenvalue weighted by molar-refractivity contribution is -0.136. The van der Waals surface area contributed by atoms with Crippen molar-refractivity contribution in [2.45, 2.75) is 6.42 Å². The number of hydrogen-bond donors (Lipinski definition) is 1. The van der Waals surface area contributed by atoms with E-state index in [-0.39, 0.29) is 6.42 Å². The summed E-state index contributed by atoms with van der Waals surface area (Å²) in [7, 11) is 1.73. The lowest BCUT2D eigenvalue weighted by Crippen LogP contribution is -2.21. The van der Waals surface area contributed by atoms with Gasteiger partial charge in [-0.2, -0.15) is 0 Å². The summed E-state index contributed by atoms with van der Waals surface area (Å²) in [6, 6.07) is 3.14. The summed E-state index contributed by atoms with van der Waals surface area (Å²) >= 11 is 17.7. The van der Waals surface area contributed by atoms with E-state index in [0.29, 0.717) is 27.3 Å². The van der Waals surface area contributed by atoms with Crippen molar-refractivity contribution in [3.05, 3.63) is 27.2 Å². The summed E-state index contributed by atoms with van der Waals surface area (Å²) in [4.78, 5) is 12.1. The van der Waals surface area contributed by atoms with Gasteiger partial charge in [0, 0.05) is 18.6 Å². The van der Waals surface area contributed by atoms with Crippen LogP contribution >= 0.6 is 34.8 Å². The van der Waals surface area contributed by atoms with Gasteiger partial charge in [0.15, 0.2) is 0 Å². The molecular weight excluding hydrogens is 272 g/mol. The summed E-state index contributed by atoms with van der Waals surface area (Å²) < 4.78 is 0. The molecule has 0 aliphatic rings. The highest BCUT2D eigenvalue weighted by atomic mass is 35.5. The van der Waals surface area contributed by atoms with E-state index in [0.717, 1.165) is 0 Å². The van der Waals surface area contributed by atoms with Crippen molar-refractivity contribution < 1.29 is 9.90 Å². The van der Waals surface area contributed by atoms with Gasteiger partial charge in [0.05, 0.1) is 22.2 Å². The van der Waals surface area contributed by atoms with E-state index in [1.54, 1.807) is 24.1 Å². The molecule has 1 aromatic rings. The zero-order chi connectivity index (χ0) is 12.3. The molecule has 1 N–H and O–H groups in total. The predicted octanol–water partition coefficient (Wildman–Crippen LogP) is 3.56. The van der Waals surface area contributed by atoms with Gasteiger partial charge < -0.3 is 10.0 Å². The van der Waals surface area contributed by atoms with Crippen LogP contribution in [0.2, 0.25) is 15.1 Å². The third kappa shape index (κ3) is 3.44. The van der Waals surface area contributed by atoms with Crippen LogP contribution in [0.4, 0.5) is 5.69 Å². The van der Waals surface area contributed by atoms with E-state index < -0.39 is 5.97 Å². The molecule has 0 aliphatic heterocycles. The van der Waals surface area contributed by atoms with Crippen LogP contribution in [0.3, 0.4) is 0 Å². The Morgan fingerprint density at radius 1 is 1.31 bits per heavy atom. The van der Waals surface area contributed by atoms with E-state index in [9.17, 15) is 4.79 Å². The fraction of sp³-hybridized carbons (Fsp3) is 0.300. The van der Waals surface area contributed by atoms with Crippen LogP contribution in [0.15, 0.2) is 12.1 Å². The first-order valence-corrected chi connectivity index (χ1v) is 5.62. The Labute approximate surface area is 109 Å². The molecule has 0 amide bonds. The minimum absolute atomic E-state index is 0.0196. The summed E-state index contributed by atoms with van der Waals surface area (Å²) in [5, 5.41) is 9.84. The Kier molecular flexibility index (Phi) is 4.71. The first-order chi connectivity index (χ1) is 7.41. The zero-order valence-electron chi connectivity index (χ0n) is 8.51. The zero-order valence-corrected chi connectivity index (χ0v) is 10.8. The van der Waals surface area contributed by atoms with Crippen LogP contribution in [0, 0.1) is 0 Å². The number of anilines is 1. The van der Waals surface area contributed by atoms with Gasteiger partial charge in [-0.1, -0.05) is 34.8 Å². The van der Waals surface area contributed by atoms with Gasteiger partial charge in [0.25, 0.3) is 0 Å². The molecule has 0 atom stereocenters. The number of carboxylic acid groups (broad SMARTS) is 1. The van der Waals surface area contributed by atoms with Gasteiger partial charge in [0.2, 0.25) is 0 Å². The normalized spacial score (nSPS) is 10.2. The second-order valence-electron chi connectivity index (χ2n) is 3.28. The maximum absolute atomic E-state index is 10.4. The number of aliphatic carboxylic acids is 1. The SMILES string of the molecule is CN(CCC(=O)O)c1c(Cl)cc(Cl)cc1Cl. The Bertz CT molecular complexity index is 386. The smallest absolute Gasteiger partial charge is 0.305 e. The average Bonchev–Trinajstić information content (AvgIpc) is 2.12. The number of carbonyl (C=O) groups is 1. The third-order valence-corrected chi connectivity index (χ3v) is 2.82. The number of hydrogen-bond acceptors (Lipinski definition) is 2. The number of halogens is 3. The van der Waals surface area contributed by atoms with Crippen molar-refractivity contribution in [2.24, 2.45) is 0 Å². The van der Waals surface area contributed by atoms with Crippen LogP contribution in [0.25, 0.3) is 0 Å². The molecule has 0 saturated carbocycles. The topological polar surface area (TPSA) is 40.5 Å². The molecule has 0 radical (unpaired) electrons. The molecule has 0 fully saturated rings. The molecule has 1 rings (SSSR count). The average molecular weight is 283 g/mol. The molecule has 0 saturated heterocycles. The second kappa shape index (κ2) is 5.62. The fourth-order valence-corrected chi connectivity index (χ4v) is 2.38. The lowest BCUT2D eigenvalue weighted by atomic mass is 10.2. The molecule has 88 valence electrons. The first kappa shape index (κ1) is 13.4. The Balaban J connectivity index is 2.90. The Hall–Kier alpha value is -0.640. The van der Waals surface area contributed by atoms with Gasteiger partial charge in [-0.3, -0.25) is 4.79 Å². The van der Waals surface area contributed by atoms with Gasteiger partial charge >= 0.3 is 5.97 Å². The molecular formula is C10H10Cl3NO2. The highest BCUT2D eigenvalue weighted by Crippen LogP contribution is 2.35. The van der Waals surface area contributed by atoms with E-state index in [2.05, 4.69) is 0 Å². The van der Waals surface area contributed by atoms with Gasteiger partial charge in [-0.25, -0.2) is 0 Å². The molecule has 16 heavy (non-hydrogen) atoms. The highest BCUT2D eigenvalue weighted by molar-refractivity contribution is 6.41. The van der Waals surface area contributed by atoms with Crippen LogP contribution in [-0.2, 0) is 4.79 Å². The monoisotopic (exact) mass is 281 g/mol. The molecule has 3 nitrogen and oxygen atoms in total. The standard InChI is InChI=1S/C10H10Cl3NO2/c1-14(3-2-9(15)16)10-7(12)4-6(11)5-8(10)13/h4-5H,2-3H2,1H3,(H,15,16). The van der Waals surface area contributed by atoms with Crippen molar-refractivity contribution >= 4 is 46.5 Å². The number of nitrogens with zero attached hydrogens (tertiary/aromatic N) is 1. The Morgan fingerprint density at radius 2 is 1.81 bits per heavy atom. The number of benzene rings is 1. The van der Waals surface area contributed by atoms with Crippen molar-refractivity contribution in [1.29, 1.82) is 0 Å². The summed E-state index contributed by atoms with van der Waals surface area (Å²) in [6.07, 6.45) is 0.0196. The van der Waals surface area contributed by atoms with Gasteiger partial charge in [0.1, 0.15) is 0 Å². The molecule has 0 aromatic heterocycles. The number of carboxylic acids is 1. The van der Waals surface area contributed by atoms with E-state index in [1.807, 2.05) is 0 Å². The lowest BCUT2D eigenvalue weighted by Gasteiger charge is -2.21. The van der Waals surface area contributed by atoms with Crippen LogP contribution in [0.1, 0.15) is 6.42 Å². The van der Waals surface area contributed by atoms with Crippen molar-refractivity contribution in [3.8, 4) is 0 Å². The van der Waals surface area contributed by atoms with Gasteiger partial charge in [-0.05, 0) is 12.1 Å². The highest BCUT2D eigenvalue weighted by Gasteiger charge is 2.13. The minimum Gasteiger partial charge on any atom is -0.481 e. The second-order valence-corrected chi connectivity index (χ2v) is 4.53. The molecule has 0 heterocycles. The maximum atomic E-state index is 10.4. The molecule has 1 aromatic carbocycles. The summed E-state index contributed by atoms with van der Waals surface area (Å²) in [5.41, 5.74) is 0.592. The van der Waals surface area contributed by atoms with E-state index >= 15 is 0 Å². The Morgan fingerprint density at radius 3 is 2.25 bits per heavy atom. The fourth-order valence-electron chi connectivity index (χ4n) is 1.27. The first-order valence-electron chi connectivity index (χ1n) is 4.49. The minimum atomic E-state index is -0.868. The van der Waals surface area contributed by atoms with Gasteiger partial charge in [-0.15, -0.1) is 0 Å². The molecule has 0 spiro atoms.